The monoisotopic (exact) mass is 638 g/mol. The van der Waals surface area contributed by atoms with Gasteiger partial charge in [-0.1, -0.05) is 102 Å². The van der Waals surface area contributed by atoms with Gasteiger partial charge in [0, 0.05) is 52.1 Å². The van der Waals surface area contributed by atoms with Gasteiger partial charge in [0.05, 0.1) is 25.9 Å². The maximum absolute atomic E-state index is 9.70. The summed E-state index contributed by atoms with van der Waals surface area (Å²) in [5.74, 6) is 0. The fraction of sp³-hybridized carbons (Fsp3) is 1.00. The lowest BCUT2D eigenvalue weighted by Gasteiger charge is -2.26. The van der Waals surface area contributed by atoms with Crippen molar-refractivity contribution in [1.82, 2.24) is 10.2 Å². The third-order valence-corrected chi connectivity index (χ3v) is 18.1. The molecule has 0 saturated carbocycles. The number of rotatable bonds is 20. The van der Waals surface area contributed by atoms with Gasteiger partial charge in [-0.05, 0) is 41.0 Å². The van der Waals surface area contributed by atoms with Crippen LogP contribution in [0, 0.1) is 0 Å². The summed E-state index contributed by atoms with van der Waals surface area (Å²) in [5.41, 5.74) is 0. The molecule has 1 aliphatic rings. The van der Waals surface area contributed by atoms with E-state index in [4.69, 9.17) is 14.2 Å². The van der Waals surface area contributed by atoms with Crippen LogP contribution < -0.4 is 5.32 Å². The first kappa shape index (κ1) is 42.8. The van der Waals surface area contributed by atoms with Gasteiger partial charge < -0.3 is 29.5 Å². The normalized spacial score (nSPS) is 16.6. The summed E-state index contributed by atoms with van der Waals surface area (Å²) in [6, 6.07) is 8.71. The number of likely N-dealkylation sites (N-methyl/N-ethyl adjacent to an activating group) is 1. The molecule has 2 atom stereocenters. The molecule has 244 valence electrons. The highest BCUT2D eigenvalue weighted by Gasteiger charge is 2.25. The Labute approximate surface area is 255 Å². The summed E-state index contributed by atoms with van der Waals surface area (Å²) >= 11 is 0. The van der Waals surface area contributed by atoms with Crippen LogP contribution in [0.5, 0.6) is 0 Å². The molecule has 0 aliphatic carbocycles. The van der Waals surface area contributed by atoms with Gasteiger partial charge in [-0.3, -0.25) is 0 Å². The zero-order chi connectivity index (χ0) is 31.5. The zero-order valence-corrected chi connectivity index (χ0v) is 33.7. The summed E-state index contributed by atoms with van der Waals surface area (Å²) in [4.78, 5) is 1.99. The molecule has 0 aromatic rings. The van der Waals surface area contributed by atoms with Crippen LogP contribution in [0.1, 0.15) is 12.8 Å². The van der Waals surface area contributed by atoms with Gasteiger partial charge in [-0.2, -0.15) is 0 Å². The largest absolute Gasteiger partial charge is 0.389 e. The van der Waals surface area contributed by atoms with Gasteiger partial charge in [0.1, 0.15) is 6.10 Å². The van der Waals surface area contributed by atoms with E-state index in [2.05, 4.69) is 70.8 Å². The molecule has 0 amide bonds. The van der Waals surface area contributed by atoms with Crippen LogP contribution in [-0.2, 0) is 14.2 Å². The standard InChI is InChI=1S/C15H37NO2Si2.C13H30O2Si2.C2H7N/c1-16(2)13-15(17)14-18-9-8-10-20(6,7)12-11-19(3,4)5;1-16(2,3)9-10-17(4,5)8-6-7-14-11-13-12-15-13;1-3-2/h15,17H,8-14H2,1-7H3;13H,6-12H2,1-5H3;3H,1-2H3. The van der Waals surface area contributed by atoms with Gasteiger partial charge in [-0.25, -0.2) is 0 Å². The maximum atomic E-state index is 9.70. The predicted molar refractivity (Wildman–Crippen MR) is 191 cm³/mol. The first-order chi connectivity index (χ1) is 18.2. The lowest BCUT2D eigenvalue weighted by molar-refractivity contribution is 0.0244. The number of nitrogens with zero attached hydrogens (tertiary/aromatic N) is 1. The molecule has 6 nitrogen and oxygen atoms in total. The van der Waals surface area contributed by atoms with Gasteiger partial charge in [0.15, 0.2) is 0 Å². The summed E-state index contributed by atoms with van der Waals surface area (Å²) in [7, 11) is 3.98. The van der Waals surface area contributed by atoms with E-state index in [0.29, 0.717) is 19.3 Å². The molecule has 1 heterocycles. The highest BCUT2D eigenvalue weighted by Crippen LogP contribution is 2.25. The van der Waals surface area contributed by atoms with Crippen LogP contribution in [-0.4, -0.2) is 122 Å². The number of hydrogen-bond acceptors (Lipinski definition) is 6. The van der Waals surface area contributed by atoms with Crippen molar-refractivity contribution in [3.8, 4) is 0 Å². The van der Waals surface area contributed by atoms with Crippen molar-refractivity contribution in [2.45, 2.75) is 127 Å². The molecule has 1 saturated heterocycles. The summed E-state index contributed by atoms with van der Waals surface area (Å²) in [5, 5.41) is 12.4. The van der Waals surface area contributed by atoms with Crippen molar-refractivity contribution in [2.75, 3.05) is 67.8 Å². The average molecular weight is 639 g/mol. The molecule has 1 fully saturated rings. The molecular weight excluding hydrogens is 565 g/mol. The van der Waals surface area contributed by atoms with Crippen LogP contribution in [0.3, 0.4) is 0 Å². The Morgan fingerprint density at radius 1 is 0.750 bits per heavy atom. The van der Waals surface area contributed by atoms with E-state index in [1.165, 1.54) is 42.7 Å². The maximum Gasteiger partial charge on any atom is 0.104 e. The van der Waals surface area contributed by atoms with E-state index in [9.17, 15) is 5.11 Å². The Kier molecular flexibility index (Phi) is 23.7. The molecule has 0 spiro atoms. The molecule has 10 heteroatoms. The minimum absolute atomic E-state index is 0.359. The second-order valence-electron chi connectivity index (χ2n) is 16.2. The second kappa shape index (κ2) is 22.2. The highest BCUT2D eigenvalue weighted by molar-refractivity contribution is 6.82. The van der Waals surface area contributed by atoms with Crippen LogP contribution in [0.2, 0.25) is 102 Å². The summed E-state index contributed by atoms with van der Waals surface area (Å²) in [6.45, 7) is 29.5. The van der Waals surface area contributed by atoms with Crippen molar-refractivity contribution in [2.24, 2.45) is 0 Å². The van der Waals surface area contributed by atoms with Crippen LogP contribution in [0.4, 0.5) is 0 Å². The number of epoxide rings is 1. The average Bonchev–Trinajstić information content (AvgIpc) is 3.60. The summed E-state index contributed by atoms with van der Waals surface area (Å²) < 4.78 is 16.3. The fourth-order valence-corrected chi connectivity index (χ4v) is 18.2. The topological polar surface area (TPSA) is 66.5 Å². The molecule has 1 rings (SSSR count). The Morgan fingerprint density at radius 3 is 1.50 bits per heavy atom. The summed E-state index contributed by atoms with van der Waals surface area (Å²) in [6.07, 6.45) is 2.46. The van der Waals surface area contributed by atoms with Crippen molar-refractivity contribution in [3.63, 3.8) is 0 Å². The van der Waals surface area contributed by atoms with Crippen LogP contribution in [0.25, 0.3) is 0 Å². The molecule has 0 aromatic heterocycles. The van der Waals surface area contributed by atoms with Gasteiger partial charge in [0.2, 0.25) is 0 Å². The van der Waals surface area contributed by atoms with E-state index in [-0.39, 0.29) is 6.10 Å². The van der Waals surface area contributed by atoms with Crippen molar-refractivity contribution < 1.29 is 19.3 Å². The number of ether oxygens (including phenoxy) is 3. The molecule has 1 aliphatic heterocycles. The molecule has 2 N–H and O–H groups in total. The third-order valence-electron chi connectivity index (χ3n) is 6.98. The lowest BCUT2D eigenvalue weighted by atomic mass is 10.3. The van der Waals surface area contributed by atoms with E-state index in [1.54, 1.807) is 0 Å². The SMILES string of the molecule is CN(C)CC(O)COCCC[Si](C)(C)CC[Si](C)(C)C.CNC.C[Si](C)(C)CC[Si](C)(C)CCCOCC1CO1. The second-order valence-corrected chi connectivity index (χ2v) is 38.1. The Hall–Kier alpha value is 0.628. The van der Waals surface area contributed by atoms with Crippen molar-refractivity contribution >= 4 is 32.3 Å². The Morgan fingerprint density at radius 2 is 1.15 bits per heavy atom. The molecule has 2 unspecified atom stereocenters. The van der Waals surface area contributed by atoms with E-state index in [0.717, 1.165) is 32.8 Å². The number of nitrogens with one attached hydrogen (secondary N) is 1. The Bertz CT molecular complexity index is 593. The highest BCUT2D eigenvalue weighted by atomic mass is 28.3. The molecular formula is C30H74N2O4Si4. The van der Waals surface area contributed by atoms with Crippen molar-refractivity contribution in [3.05, 3.63) is 0 Å². The Balaban J connectivity index is 0. The third kappa shape index (κ3) is 34.8. The van der Waals surface area contributed by atoms with Gasteiger partial charge >= 0.3 is 0 Å². The number of aliphatic hydroxyl groups is 1. The zero-order valence-electron chi connectivity index (χ0n) is 29.7. The minimum atomic E-state index is -1.03. The first-order valence-electron chi connectivity index (χ1n) is 15.9. The smallest absolute Gasteiger partial charge is 0.104 e. The predicted octanol–water partition coefficient (Wildman–Crippen LogP) is 7.04. The number of hydrogen-bond donors (Lipinski definition) is 2. The fourth-order valence-electron chi connectivity index (χ4n) is 4.05. The van der Waals surface area contributed by atoms with Crippen LogP contribution in [0.15, 0.2) is 0 Å². The first-order valence-corrected chi connectivity index (χ1v) is 30.1. The van der Waals surface area contributed by atoms with E-state index in [1.807, 2.05) is 33.1 Å². The number of aliphatic hydroxyl groups excluding tert-OH is 1. The molecule has 0 radical (unpaired) electrons. The molecule has 0 aromatic carbocycles. The molecule has 0 bridgehead atoms. The van der Waals surface area contributed by atoms with E-state index >= 15 is 0 Å². The quantitative estimate of drug-likeness (QED) is 0.0848. The van der Waals surface area contributed by atoms with Gasteiger partial charge in [-0.15, -0.1) is 0 Å². The molecule has 40 heavy (non-hydrogen) atoms. The van der Waals surface area contributed by atoms with Gasteiger partial charge in [0.25, 0.3) is 0 Å². The lowest BCUT2D eigenvalue weighted by Crippen LogP contribution is -2.31. The van der Waals surface area contributed by atoms with Crippen LogP contribution >= 0.6 is 0 Å². The minimum Gasteiger partial charge on any atom is -0.389 e. The van der Waals surface area contributed by atoms with E-state index < -0.39 is 32.3 Å². The van der Waals surface area contributed by atoms with Crippen molar-refractivity contribution in [1.29, 1.82) is 0 Å².